The Labute approximate surface area is 89.7 Å². The fourth-order valence-corrected chi connectivity index (χ4v) is 1.20. The second-order valence-corrected chi connectivity index (χ2v) is 3.42. The van der Waals surface area contributed by atoms with Crippen molar-refractivity contribution in [2.45, 2.75) is 25.9 Å². The molecule has 4 nitrogen and oxygen atoms in total. The molecule has 0 saturated heterocycles. The van der Waals surface area contributed by atoms with Crippen molar-refractivity contribution in [2.75, 3.05) is 7.11 Å². The highest BCUT2D eigenvalue weighted by Crippen LogP contribution is 1.98. The van der Waals surface area contributed by atoms with Crippen LogP contribution in [0.5, 0.6) is 0 Å². The molecule has 1 atom stereocenters. The minimum absolute atomic E-state index is 0.116. The molecule has 0 aromatic carbocycles. The van der Waals surface area contributed by atoms with Gasteiger partial charge in [0.15, 0.2) is 0 Å². The van der Waals surface area contributed by atoms with Gasteiger partial charge in [-0.25, -0.2) is 0 Å². The molecule has 15 heavy (non-hydrogen) atoms. The van der Waals surface area contributed by atoms with E-state index in [-0.39, 0.29) is 12.0 Å². The number of esters is 1. The van der Waals surface area contributed by atoms with E-state index in [1.54, 1.807) is 12.4 Å². The topological polar surface area (TPSA) is 51.2 Å². The second kappa shape index (κ2) is 6.14. The highest BCUT2D eigenvalue weighted by Gasteiger charge is 2.07. The number of nitrogens with zero attached hydrogens (tertiary/aromatic N) is 1. The number of pyridine rings is 1. The molecule has 0 aliphatic carbocycles. The van der Waals surface area contributed by atoms with Gasteiger partial charge in [0.05, 0.1) is 13.5 Å². The number of carbonyl (C=O) groups is 1. The third-order valence-electron chi connectivity index (χ3n) is 2.10. The van der Waals surface area contributed by atoms with E-state index in [1.165, 1.54) is 7.11 Å². The average molecular weight is 208 g/mol. The molecule has 1 heterocycles. The van der Waals surface area contributed by atoms with Gasteiger partial charge in [0, 0.05) is 25.0 Å². The summed E-state index contributed by atoms with van der Waals surface area (Å²) in [4.78, 5) is 14.9. The van der Waals surface area contributed by atoms with E-state index in [2.05, 4.69) is 15.0 Å². The van der Waals surface area contributed by atoms with Crippen molar-refractivity contribution < 1.29 is 9.53 Å². The molecule has 4 heteroatoms. The SMILES string of the molecule is COC(=O)C[C@H](C)NCc1ccncc1. The molecule has 1 aromatic rings. The zero-order valence-corrected chi connectivity index (χ0v) is 9.06. The Bertz CT molecular complexity index is 301. The molecule has 0 saturated carbocycles. The summed E-state index contributed by atoms with van der Waals surface area (Å²) in [7, 11) is 1.40. The Morgan fingerprint density at radius 3 is 2.80 bits per heavy atom. The van der Waals surface area contributed by atoms with Crippen molar-refractivity contribution in [1.82, 2.24) is 10.3 Å². The quantitative estimate of drug-likeness (QED) is 0.737. The van der Waals surface area contributed by atoms with Crippen molar-refractivity contribution in [1.29, 1.82) is 0 Å². The summed E-state index contributed by atoms with van der Waals surface area (Å²) in [5.74, 6) is -0.190. The van der Waals surface area contributed by atoms with Crippen LogP contribution in [0, 0.1) is 0 Å². The Kier molecular flexibility index (Phi) is 4.77. The number of rotatable bonds is 5. The molecule has 0 aliphatic heterocycles. The van der Waals surface area contributed by atoms with Crippen molar-refractivity contribution in [3.63, 3.8) is 0 Å². The Hall–Kier alpha value is -1.42. The van der Waals surface area contributed by atoms with Crippen LogP contribution >= 0.6 is 0 Å². The van der Waals surface area contributed by atoms with Crippen LogP contribution in [0.15, 0.2) is 24.5 Å². The normalized spacial score (nSPS) is 12.1. The number of ether oxygens (including phenoxy) is 1. The second-order valence-electron chi connectivity index (χ2n) is 3.42. The lowest BCUT2D eigenvalue weighted by Crippen LogP contribution is -2.28. The third-order valence-corrected chi connectivity index (χ3v) is 2.10. The van der Waals surface area contributed by atoms with E-state index in [4.69, 9.17) is 0 Å². The lowest BCUT2D eigenvalue weighted by atomic mass is 10.2. The molecule has 0 bridgehead atoms. The number of methoxy groups -OCH3 is 1. The highest BCUT2D eigenvalue weighted by atomic mass is 16.5. The van der Waals surface area contributed by atoms with Crippen molar-refractivity contribution in [3.8, 4) is 0 Å². The Morgan fingerprint density at radius 1 is 1.53 bits per heavy atom. The van der Waals surface area contributed by atoms with Gasteiger partial charge in [-0.05, 0) is 24.6 Å². The summed E-state index contributed by atoms with van der Waals surface area (Å²) in [6.45, 7) is 2.69. The van der Waals surface area contributed by atoms with E-state index in [0.29, 0.717) is 6.42 Å². The predicted molar refractivity (Wildman–Crippen MR) is 57.2 cm³/mol. The zero-order chi connectivity index (χ0) is 11.1. The lowest BCUT2D eigenvalue weighted by Gasteiger charge is -2.12. The number of nitrogens with one attached hydrogen (secondary N) is 1. The summed E-state index contributed by atoms with van der Waals surface area (Å²) in [5, 5.41) is 3.24. The van der Waals surface area contributed by atoms with Gasteiger partial charge in [-0.15, -0.1) is 0 Å². The predicted octanol–water partition coefficient (Wildman–Crippen LogP) is 1.12. The lowest BCUT2D eigenvalue weighted by molar-refractivity contribution is -0.141. The summed E-state index contributed by atoms with van der Waals surface area (Å²) >= 11 is 0. The maximum atomic E-state index is 11.0. The number of hydrogen-bond acceptors (Lipinski definition) is 4. The van der Waals surface area contributed by atoms with Crippen molar-refractivity contribution >= 4 is 5.97 Å². The molecule has 0 unspecified atom stereocenters. The van der Waals surface area contributed by atoms with E-state index in [9.17, 15) is 4.79 Å². The first-order valence-corrected chi connectivity index (χ1v) is 4.91. The van der Waals surface area contributed by atoms with Crippen LogP contribution in [-0.2, 0) is 16.1 Å². The summed E-state index contributed by atoms with van der Waals surface area (Å²) in [5.41, 5.74) is 1.15. The van der Waals surface area contributed by atoms with Gasteiger partial charge in [0.1, 0.15) is 0 Å². The fraction of sp³-hybridized carbons (Fsp3) is 0.455. The van der Waals surface area contributed by atoms with Gasteiger partial charge in [0.2, 0.25) is 0 Å². The first-order chi connectivity index (χ1) is 7.22. The molecule has 1 rings (SSSR count). The molecular weight excluding hydrogens is 192 g/mol. The Balaban J connectivity index is 2.28. The van der Waals surface area contributed by atoms with Crippen LogP contribution < -0.4 is 5.32 Å². The van der Waals surface area contributed by atoms with Crippen LogP contribution in [0.2, 0.25) is 0 Å². The monoisotopic (exact) mass is 208 g/mol. The molecule has 0 aliphatic rings. The first kappa shape index (κ1) is 11.7. The Morgan fingerprint density at radius 2 is 2.20 bits per heavy atom. The molecule has 82 valence electrons. The average Bonchev–Trinajstić information content (AvgIpc) is 2.27. The van der Waals surface area contributed by atoms with Gasteiger partial charge in [-0.2, -0.15) is 0 Å². The summed E-state index contributed by atoms with van der Waals surface area (Å²) in [6, 6.07) is 4.00. The summed E-state index contributed by atoms with van der Waals surface area (Å²) < 4.78 is 4.58. The number of hydrogen-bond donors (Lipinski definition) is 1. The van der Waals surface area contributed by atoms with Crippen molar-refractivity contribution in [3.05, 3.63) is 30.1 Å². The van der Waals surface area contributed by atoms with Crippen LogP contribution in [-0.4, -0.2) is 24.1 Å². The minimum atomic E-state index is -0.190. The molecule has 0 spiro atoms. The van der Waals surface area contributed by atoms with Crippen LogP contribution in [0.3, 0.4) is 0 Å². The highest BCUT2D eigenvalue weighted by molar-refractivity contribution is 5.69. The molecular formula is C11H16N2O2. The number of carbonyl (C=O) groups excluding carboxylic acids is 1. The smallest absolute Gasteiger partial charge is 0.307 e. The minimum Gasteiger partial charge on any atom is -0.469 e. The van der Waals surface area contributed by atoms with E-state index in [1.807, 2.05) is 19.1 Å². The van der Waals surface area contributed by atoms with Crippen LogP contribution in [0.4, 0.5) is 0 Å². The molecule has 0 fully saturated rings. The van der Waals surface area contributed by atoms with E-state index >= 15 is 0 Å². The molecule has 0 radical (unpaired) electrons. The standard InChI is InChI=1S/C11H16N2O2/c1-9(7-11(14)15-2)13-8-10-3-5-12-6-4-10/h3-6,9,13H,7-8H2,1-2H3/t9-/m0/s1. The third kappa shape index (κ3) is 4.56. The van der Waals surface area contributed by atoms with Gasteiger partial charge in [-0.3, -0.25) is 9.78 Å². The van der Waals surface area contributed by atoms with Crippen molar-refractivity contribution in [2.24, 2.45) is 0 Å². The van der Waals surface area contributed by atoms with Crippen LogP contribution in [0.1, 0.15) is 18.9 Å². The first-order valence-electron chi connectivity index (χ1n) is 4.91. The zero-order valence-electron chi connectivity index (χ0n) is 9.06. The summed E-state index contributed by atoms with van der Waals surface area (Å²) in [6.07, 6.45) is 3.89. The number of aromatic nitrogens is 1. The molecule has 0 amide bonds. The molecule has 1 aromatic heterocycles. The fourth-order valence-electron chi connectivity index (χ4n) is 1.20. The molecule has 1 N–H and O–H groups in total. The van der Waals surface area contributed by atoms with Gasteiger partial charge in [0.25, 0.3) is 0 Å². The van der Waals surface area contributed by atoms with Gasteiger partial charge in [-0.1, -0.05) is 0 Å². The van der Waals surface area contributed by atoms with Gasteiger partial charge < -0.3 is 10.1 Å². The largest absolute Gasteiger partial charge is 0.469 e. The van der Waals surface area contributed by atoms with Crippen LogP contribution in [0.25, 0.3) is 0 Å². The maximum absolute atomic E-state index is 11.0. The van der Waals surface area contributed by atoms with E-state index < -0.39 is 0 Å². The van der Waals surface area contributed by atoms with E-state index in [0.717, 1.165) is 12.1 Å². The van der Waals surface area contributed by atoms with Gasteiger partial charge >= 0.3 is 5.97 Å². The maximum Gasteiger partial charge on any atom is 0.307 e.